The minimum atomic E-state index is -0.115. The van der Waals surface area contributed by atoms with E-state index in [-0.39, 0.29) is 18.7 Å². The molecular weight excluding hydrogens is 252 g/mol. The van der Waals surface area contributed by atoms with Gasteiger partial charge in [-0.2, -0.15) is 0 Å². The number of carbonyl (C=O) groups is 1. The van der Waals surface area contributed by atoms with Crippen molar-refractivity contribution in [3.63, 3.8) is 0 Å². The molecule has 1 saturated carbocycles. The lowest BCUT2D eigenvalue weighted by Gasteiger charge is -2.20. The molecule has 2 unspecified atom stereocenters. The fourth-order valence-corrected chi connectivity index (χ4v) is 2.34. The van der Waals surface area contributed by atoms with E-state index in [9.17, 15) is 4.79 Å². The summed E-state index contributed by atoms with van der Waals surface area (Å²) in [5.74, 6) is 0.861. The van der Waals surface area contributed by atoms with Crippen molar-refractivity contribution in [2.75, 3.05) is 13.2 Å². The van der Waals surface area contributed by atoms with Crippen molar-refractivity contribution < 1.29 is 9.90 Å². The third-order valence-corrected chi connectivity index (χ3v) is 3.77. The number of aliphatic hydroxyl groups excluding tert-OH is 1. The molecule has 4 nitrogen and oxygen atoms in total. The first-order valence-corrected chi connectivity index (χ1v) is 7.41. The number of nitrogens with one attached hydrogen (secondary N) is 2. The summed E-state index contributed by atoms with van der Waals surface area (Å²) in [6, 6.07) is 10.1. The first kappa shape index (κ1) is 14.9. The molecule has 2 amide bonds. The summed E-state index contributed by atoms with van der Waals surface area (Å²) in [7, 11) is 0. The summed E-state index contributed by atoms with van der Waals surface area (Å²) in [4.78, 5) is 12.0. The normalized spacial score (nSPS) is 17.3. The predicted octanol–water partition coefficient (Wildman–Crippen LogP) is 2.46. The fraction of sp³-hybridized carbons (Fsp3) is 0.562. The average molecular weight is 276 g/mol. The van der Waals surface area contributed by atoms with Crippen LogP contribution in [0.15, 0.2) is 30.3 Å². The number of urea groups is 1. The molecule has 1 aliphatic carbocycles. The molecule has 2 atom stereocenters. The highest BCUT2D eigenvalue weighted by molar-refractivity contribution is 5.74. The van der Waals surface area contributed by atoms with Crippen molar-refractivity contribution in [1.82, 2.24) is 10.6 Å². The van der Waals surface area contributed by atoms with E-state index in [1.165, 1.54) is 18.4 Å². The lowest BCUT2D eigenvalue weighted by Crippen LogP contribution is -2.40. The monoisotopic (exact) mass is 276 g/mol. The summed E-state index contributed by atoms with van der Waals surface area (Å²) in [6.45, 7) is 2.78. The molecule has 0 radical (unpaired) electrons. The number of carbonyl (C=O) groups excluding carboxylic acids is 1. The van der Waals surface area contributed by atoms with Crippen molar-refractivity contribution in [3.05, 3.63) is 35.9 Å². The Morgan fingerprint density at radius 2 is 2.05 bits per heavy atom. The van der Waals surface area contributed by atoms with Gasteiger partial charge in [0.2, 0.25) is 0 Å². The maximum atomic E-state index is 12.0. The largest absolute Gasteiger partial charge is 0.396 e. The zero-order valence-corrected chi connectivity index (χ0v) is 12.0. The number of aliphatic hydroxyl groups is 1. The maximum absolute atomic E-state index is 12.0. The molecule has 0 spiro atoms. The quantitative estimate of drug-likeness (QED) is 0.716. The Labute approximate surface area is 120 Å². The highest BCUT2D eigenvalue weighted by atomic mass is 16.3. The molecular formula is C16H24N2O2. The maximum Gasteiger partial charge on any atom is 0.315 e. The minimum Gasteiger partial charge on any atom is -0.396 e. The zero-order valence-electron chi connectivity index (χ0n) is 12.0. The molecule has 20 heavy (non-hydrogen) atoms. The Morgan fingerprint density at radius 3 is 2.65 bits per heavy atom. The summed E-state index contributed by atoms with van der Waals surface area (Å²) in [5, 5.41) is 14.8. The third-order valence-electron chi connectivity index (χ3n) is 3.77. The van der Waals surface area contributed by atoms with Gasteiger partial charge in [0.05, 0.1) is 6.04 Å². The predicted molar refractivity (Wildman–Crippen MR) is 79.3 cm³/mol. The van der Waals surface area contributed by atoms with E-state index in [1.807, 2.05) is 25.1 Å². The Hall–Kier alpha value is -1.55. The second kappa shape index (κ2) is 7.29. The average Bonchev–Trinajstić information content (AvgIpc) is 3.28. The molecule has 1 fully saturated rings. The Kier molecular flexibility index (Phi) is 5.41. The van der Waals surface area contributed by atoms with Crippen LogP contribution in [0, 0.1) is 11.8 Å². The number of amides is 2. The van der Waals surface area contributed by atoms with Crippen LogP contribution in [0.25, 0.3) is 0 Å². The Bertz CT molecular complexity index is 418. The van der Waals surface area contributed by atoms with E-state index in [0.717, 1.165) is 0 Å². The van der Waals surface area contributed by atoms with Gasteiger partial charge in [0.15, 0.2) is 0 Å². The molecule has 2 rings (SSSR count). The molecule has 0 aliphatic heterocycles. The third kappa shape index (κ3) is 4.53. The van der Waals surface area contributed by atoms with Crippen LogP contribution in [0.3, 0.4) is 0 Å². The van der Waals surface area contributed by atoms with Crippen molar-refractivity contribution in [2.45, 2.75) is 32.2 Å². The molecule has 1 aliphatic rings. The van der Waals surface area contributed by atoms with E-state index in [4.69, 9.17) is 5.11 Å². The molecule has 0 saturated heterocycles. The van der Waals surface area contributed by atoms with E-state index in [1.54, 1.807) is 0 Å². The Balaban J connectivity index is 1.84. The molecule has 0 aromatic heterocycles. The van der Waals surface area contributed by atoms with Crippen molar-refractivity contribution >= 4 is 6.03 Å². The SMILES string of the molecule is CC(CCO)CNC(=O)NC(c1ccccc1)C1CC1. The van der Waals surface area contributed by atoms with Crippen LogP contribution in [-0.2, 0) is 0 Å². The standard InChI is InChI=1S/C16H24N2O2/c1-12(9-10-19)11-17-16(20)18-15(14-7-8-14)13-5-3-2-4-6-13/h2-6,12,14-15,19H,7-11H2,1H3,(H2,17,18,20). The highest BCUT2D eigenvalue weighted by Gasteiger charge is 2.33. The van der Waals surface area contributed by atoms with Gasteiger partial charge < -0.3 is 15.7 Å². The zero-order chi connectivity index (χ0) is 14.4. The van der Waals surface area contributed by atoms with Crippen LogP contribution in [-0.4, -0.2) is 24.3 Å². The van der Waals surface area contributed by atoms with Gasteiger partial charge in [0, 0.05) is 13.2 Å². The van der Waals surface area contributed by atoms with Crippen LogP contribution >= 0.6 is 0 Å². The van der Waals surface area contributed by atoms with Gasteiger partial charge in [0.25, 0.3) is 0 Å². The first-order chi connectivity index (χ1) is 9.70. The summed E-state index contributed by atoms with van der Waals surface area (Å²) >= 11 is 0. The number of rotatable bonds is 7. The van der Waals surface area contributed by atoms with Gasteiger partial charge >= 0.3 is 6.03 Å². The fourth-order valence-electron chi connectivity index (χ4n) is 2.34. The topological polar surface area (TPSA) is 61.4 Å². The molecule has 4 heteroatoms. The summed E-state index contributed by atoms with van der Waals surface area (Å²) in [5.41, 5.74) is 1.17. The molecule has 3 N–H and O–H groups in total. The lowest BCUT2D eigenvalue weighted by atomic mass is 10.0. The van der Waals surface area contributed by atoms with Gasteiger partial charge in [-0.3, -0.25) is 0 Å². The number of hydrogen-bond acceptors (Lipinski definition) is 2. The molecule has 1 aromatic rings. The lowest BCUT2D eigenvalue weighted by molar-refractivity contribution is 0.229. The van der Waals surface area contributed by atoms with Gasteiger partial charge in [-0.25, -0.2) is 4.79 Å². The smallest absolute Gasteiger partial charge is 0.315 e. The van der Waals surface area contributed by atoms with Crippen LogP contribution in [0.4, 0.5) is 4.79 Å². The van der Waals surface area contributed by atoms with E-state index < -0.39 is 0 Å². The van der Waals surface area contributed by atoms with Crippen molar-refractivity contribution in [2.24, 2.45) is 11.8 Å². The van der Waals surface area contributed by atoms with Gasteiger partial charge in [-0.05, 0) is 36.7 Å². The van der Waals surface area contributed by atoms with Crippen LogP contribution in [0.2, 0.25) is 0 Å². The van der Waals surface area contributed by atoms with E-state index >= 15 is 0 Å². The summed E-state index contributed by atoms with van der Waals surface area (Å²) < 4.78 is 0. The molecule has 110 valence electrons. The molecule has 1 aromatic carbocycles. The number of hydrogen-bond donors (Lipinski definition) is 3. The first-order valence-electron chi connectivity index (χ1n) is 7.41. The highest BCUT2D eigenvalue weighted by Crippen LogP contribution is 2.40. The van der Waals surface area contributed by atoms with Crippen LogP contribution in [0.1, 0.15) is 37.8 Å². The van der Waals surface area contributed by atoms with Gasteiger partial charge in [-0.1, -0.05) is 37.3 Å². The van der Waals surface area contributed by atoms with Crippen LogP contribution in [0.5, 0.6) is 0 Å². The molecule has 0 heterocycles. The Morgan fingerprint density at radius 1 is 1.35 bits per heavy atom. The van der Waals surface area contributed by atoms with E-state index in [0.29, 0.717) is 24.8 Å². The van der Waals surface area contributed by atoms with Crippen molar-refractivity contribution in [1.29, 1.82) is 0 Å². The van der Waals surface area contributed by atoms with Crippen LogP contribution < -0.4 is 10.6 Å². The van der Waals surface area contributed by atoms with Gasteiger partial charge in [0.1, 0.15) is 0 Å². The second-order valence-electron chi connectivity index (χ2n) is 5.70. The summed E-state index contributed by atoms with van der Waals surface area (Å²) in [6.07, 6.45) is 3.08. The van der Waals surface area contributed by atoms with Crippen molar-refractivity contribution in [3.8, 4) is 0 Å². The second-order valence-corrected chi connectivity index (χ2v) is 5.70. The molecule has 0 bridgehead atoms. The van der Waals surface area contributed by atoms with E-state index in [2.05, 4.69) is 22.8 Å². The number of benzene rings is 1. The van der Waals surface area contributed by atoms with Gasteiger partial charge in [-0.15, -0.1) is 0 Å². The minimum absolute atomic E-state index is 0.115.